The molecule has 2 aromatic rings. The van der Waals surface area contributed by atoms with Crippen LogP contribution in [0.25, 0.3) is 0 Å². The van der Waals surface area contributed by atoms with Crippen molar-refractivity contribution in [3.8, 4) is 0 Å². The van der Waals surface area contributed by atoms with Crippen LogP contribution in [0.4, 0.5) is 11.6 Å². The number of hydrogen-bond donors (Lipinski definition) is 3. The minimum atomic E-state index is 0.226. The molecule has 0 saturated heterocycles. The maximum absolute atomic E-state index is 5.70. The van der Waals surface area contributed by atoms with Crippen molar-refractivity contribution in [1.82, 2.24) is 15.3 Å². The van der Waals surface area contributed by atoms with Gasteiger partial charge in [-0.3, -0.25) is 0 Å². The van der Waals surface area contributed by atoms with Crippen molar-refractivity contribution in [2.75, 3.05) is 18.5 Å². The first kappa shape index (κ1) is 15.1. The molecule has 5 nitrogen and oxygen atoms in total. The van der Waals surface area contributed by atoms with Crippen LogP contribution >= 0.6 is 27.7 Å². The van der Waals surface area contributed by atoms with Gasteiger partial charge in [0.2, 0.25) is 0 Å². The summed E-state index contributed by atoms with van der Waals surface area (Å²) in [5.74, 6) is 0.747. The highest BCUT2D eigenvalue weighted by molar-refractivity contribution is 9.10. The van der Waals surface area contributed by atoms with Crippen molar-refractivity contribution in [2.24, 2.45) is 0 Å². The van der Waals surface area contributed by atoms with Crippen LogP contribution < -0.4 is 16.8 Å². The van der Waals surface area contributed by atoms with Crippen molar-refractivity contribution >= 4 is 39.3 Å². The molecule has 7 heteroatoms. The molecule has 1 atom stereocenters. The molecule has 1 aromatic carbocycles. The fourth-order valence-electron chi connectivity index (χ4n) is 1.72. The van der Waals surface area contributed by atoms with Crippen molar-refractivity contribution < 1.29 is 0 Å². The summed E-state index contributed by atoms with van der Waals surface area (Å²) in [6.45, 7) is 2.10. The predicted octanol–water partition coefficient (Wildman–Crippen LogP) is 2.84. The summed E-state index contributed by atoms with van der Waals surface area (Å²) in [5.41, 5.74) is 12.6. The van der Waals surface area contributed by atoms with Crippen LogP contribution in [-0.4, -0.2) is 17.0 Å². The molecule has 0 aliphatic heterocycles. The van der Waals surface area contributed by atoms with E-state index in [1.807, 2.05) is 19.2 Å². The molecule has 1 unspecified atom stereocenters. The third-order valence-electron chi connectivity index (χ3n) is 2.82. The van der Waals surface area contributed by atoms with E-state index < -0.39 is 0 Å². The first-order valence-electron chi connectivity index (χ1n) is 6.04. The third-order valence-corrected chi connectivity index (χ3v) is 4.25. The monoisotopic (exact) mass is 353 g/mol. The van der Waals surface area contributed by atoms with Gasteiger partial charge in [-0.2, -0.15) is 0 Å². The molecule has 0 radical (unpaired) electrons. The topological polar surface area (TPSA) is 89.8 Å². The Bertz CT molecular complexity index is 599. The quantitative estimate of drug-likeness (QED) is 0.732. The number of halogens is 1. The Morgan fingerprint density at radius 2 is 1.85 bits per heavy atom. The summed E-state index contributed by atoms with van der Waals surface area (Å²) in [7, 11) is 1.93. The van der Waals surface area contributed by atoms with Gasteiger partial charge in [-0.1, -0.05) is 22.0 Å². The van der Waals surface area contributed by atoms with Gasteiger partial charge in [0.15, 0.2) is 5.16 Å². The molecule has 1 aromatic heterocycles. The predicted molar refractivity (Wildman–Crippen MR) is 86.6 cm³/mol. The van der Waals surface area contributed by atoms with E-state index >= 15 is 0 Å². The lowest BCUT2D eigenvalue weighted by Crippen LogP contribution is -2.13. The van der Waals surface area contributed by atoms with Gasteiger partial charge in [-0.25, -0.2) is 9.97 Å². The summed E-state index contributed by atoms with van der Waals surface area (Å²) in [5, 5.41) is 3.78. The number of aromatic nitrogens is 2. The highest BCUT2D eigenvalue weighted by Crippen LogP contribution is 2.34. The fourth-order valence-corrected chi connectivity index (χ4v) is 3.28. The minimum Gasteiger partial charge on any atom is -0.383 e. The summed E-state index contributed by atoms with van der Waals surface area (Å²) < 4.78 is 1.00. The normalized spacial score (nSPS) is 12.3. The summed E-state index contributed by atoms with van der Waals surface area (Å²) >= 11 is 4.93. The number of nitrogens with zero attached hydrogens (tertiary/aromatic N) is 2. The summed E-state index contributed by atoms with van der Waals surface area (Å²) in [6, 6.07) is 7.90. The van der Waals surface area contributed by atoms with E-state index in [9.17, 15) is 0 Å². The molecule has 20 heavy (non-hydrogen) atoms. The van der Waals surface area contributed by atoms with E-state index in [0.29, 0.717) is 16.8 Å². The van der Waals surface area contributed by atoms with Gasteiger partial charge in [-0.15, -0.1) is 0 Å². The van der Waals surface area contributed by atoms with E-state index in [1.165, 1.54) is 17.3 Å². The van der Waals surface area contributed by atoms with Gasteiger partial charge < -0.3 is 16.8 Å². The maximum Gasteiger partial charge on any atom is 0.196 e. The molecule has 106 valence electrons. The molecule has 0 fully saturated rings. The lowest BCUT2D eigenvalue weighted by Gasteiger charge is -2.15. The highest BCUT2D eigenvalue weighted by Gasteiger charge is 2.12. The van der Waals surface area contributed by atoms with E-state index in [2.05, 4.69) is 44.2 Å². The Kier molecular flexibility index (Phi) is 4.85. The average Bonchev–Trinajstić information content (AvgIpc) is 2.37. The van der Waals surface area contributed by atoms with Gasteiger partial charge in [-0.05, 0) is 43.4 Å². The van der Waals surface area contributed by atoms with Crippen molar-refractivity contribution in [3.63, 3.8) is 0 Å². The largest absolute Gasteiger partial charge is 0.383 e. The minimum absolute atomic E-state index is 0.226. The fraction of sp³-hybridized carbons (Fsp3) is 0.231. The third kappa shape index (κ3) is 3.62. The molecule has 2 rings (SSSR count). The number of rotatable bonds is 4. The number of nitrogens with two attached hydrogens (primary N) is 2. The van der Waals surface area contributed by atoms with Crippen LogP contribution in [0.5, 0.6) is 0 Å². The first-order valence-corrected chi connectivity index (χ1v) is 7.65. The highest BCUT2D eigenvalue weighted by atomic mass is 79.9. The second kappa shape index (κ2) is 6.43. The van der Waals surface area contributed by atoms with E-state index in [1.54, 1.807) is 6.07 Å². The molecule has 0 aliphatic rings. The Hall–Kier alpha value is -1.31. The molecule has 1 heterocycles. The zero-order valence-corrected chi connectivity index (χ0v) is 13.6. The van der Waals surface area contributed by atoms with Gasteiger partial charge in [0.05, 0.1) is 0 Å². The Morgan fingerprint density at radius 3 is 2.45 bits per heavy atom. The van der Waals surface area contributed by atoms with Crippen molar-refractivity contribution in [1.29, 1.82) is 0 Å². The SMILES string of the molecule is CNC(C)c1ccc(Br)cc1Sc1nc(N)cc(N)n1. The maximum atomic E-state index is 5.70. The molecule has 0 amide bonds. The Morgan fingerprint density at radius 1 is 1.20 bits per heavy atom. The van der Waals surface area contributed by atoms with Crippen LogP contribution in [0.15, 0.2) is 38.8 Å². The smallest absolute Gasteiger partial charge is 0.196 e. The Labute approximate surface area is 130 Å². The van der Waals surface area contributed by atoms with Crippen LogP contribution in [0.3, 0.4) is 0 Å². The lowest BCUT2D eigenvalue weighted by molar-refractivity contribution is 0.641. The Balaban J connectivity index is 2.39. The zero-order valence-electron chi connectivity index (χ0n) is 11.2. The van der Waals surface area contributed by atoms with E-state index in [-0.39, 0.29) is 6.04 Å². The van der Waals surface area contributed by atoms with Crippen LogP contribution in [0.1, 0.15) is 18.5 Å². The standard InChI is InChI=1S/C13H16BrN5S/c1-7(17-2)9-4-3-8(14)5-10(9)20-13-18-11(15)6-12(16)19-13/h3-7,17H,1-2H3,(H4,15,16,18,19). The summed E-state index contributed by atoms with van der Waals surface area (Å²) in [4.78, 5) is 9.46. The van der Waals surface area contributed by atoms with Crippen molar-refractivity contribution in [2.45, 2.75) is 23.0 Å². The lowest BCUT2D eigenvalue weighted by atomic mass is 10.1. The van der Waals surface area contributed by atoms with Gasteiger partial charge in [0, 0.05) is 21.5 Å². The van der Waals surface area contributed by atoms with Gasteiger partial charge in [0.1, 0.15) is 11.6 Å². The van der Waals surface area contributed by atoms with Gasteiger partial charge >= 0.3 is 0 Å². The zero-order chi connectivity index (χ0) is 14.7. The average molecular weight is 354 g/mol. The van der Waals surface area contributed by atoms with Crippen molar-refractivity contribution in [3.05, 3.63) is 34.3 Å². The molecule has 5 N–H and O–H groups in total. The molecule has 0 aliphatic carbocycles. The number of nitrogens with one attached hydrogen (secondary N) is 1. The van der Waals surface area contributed by atoms with Crippen LogP contribution in [0.2, 0.25) is 0 Å². The molecular formula is C13H16BrN5S. The summed E-state index contributed by atoms with van der Waals surface area (Å²) in [6.07, 6.45) is 0. The molecule has 0 saturated carbocycles. The second-order valence-electron chi connectivity index (χ2n) is 4.29. The van der Waals surface area contributed by atoms with E-state index in [0.717, 1.165) is 9.37 Å². The van der Waals surface area contributed by atoms with E-state index in [4.69, 9.17) is 11.5 Å². The number of nitrogen functional groups attached to an aromatic ring is 2. The number of benzene rings is 1. The number of anilines is 2. The second-order valence-corrected chi connectivity index (χ2v) is 6.22. The van der Waals surface area contributed by atoms with Crippen LogP contribution in [-0.2, 0) is 0 Å². The molecule has 0 bridgehead atoms. The molecule has 0 spiro atoms. The van der Waals surface area contributed by atoms with Crippen LogP contribution in [0, 0.1) is 0 Å². The molecular weight excluding hydrogens is 338 g/mol. The van der Waals surface area contributed by atoms with Gasteiger partial charge in [0.25, 0.3) is 0 Å². The number of hydrogen-bond acceptors (Lipinski definition) is 6. The first-order chi connectivity index (χ1) is 9.49.